The molecule has 0 N–H and O–H groups in total. The highest BCUT2D eigenvalue weighted by Crippen LogP contribution is 2.53. The number of likely N-dealkylation sites (N-methyl/N-ethyl adjacent to an activating group) is 1. The highest BCUT2D eigenvalue weighted by molar-refractivity contribution is 8.04. The Balaban J connectivity index is 1.70. The topological polar surface area (TPSA) is 6.48 Å². The quantitative estimate of drug-likeness (QED) is 0.725. The van der Waals surface area contributed by atoms with E-state index in [9.17, 15) is 0 Å². The fourth-order valence-electron chi connectivity index (χ4n) is 2.95. The van der Waals surface area contributed by atoms with Gasteiger partial charge in [0.05, 0.1) is 16.4 Å². The summed E-state index contributed by atoms with van der Waals surface area (Å²) in [6.07, 6.45) is 2.39. The summed E-state index contributed by atoms with van der Waals surface area (Å²) in [7, 11) is 4.34. The SMILES string of the molecule is CN1/C(=C/C2(C)Sc3ccccc3N2C)Sc2ccccc21. The van der Waals surface area contributed by atoms with E-state index in [1.54, 1.807) is 0 Å². The first-order valence-corrected chi connectivity index (χ1v) is 8.97. The first-order valence-electron chi connectivity index (χ1n) is 7.34. The molecular formula is C18H18N2S2. The molecule has 0 amide bonds. The zero-order valence-electron chi connectivity index (χ0n) is 12.9. The summed E-state index contributed by atoms with van der Waals surface area (Å²) < 4.78 is 0. The Labute approximate surface area is 140 Å². The molecule has 2 heterocycles. The Morgan fingerprint density at radius 2 is 1.55 bits per heavy atom. The molecule has 2 nitrogen and oxygen atoms in total. The second-order valence-electron chi connectivity index (χ2n) is 5.79. The molecule has 0 aliphatic carbocycles. The first-order chi connectivity index (χ1) is 10.6. The number of fused-ring (bicyclic) bond motifs is 2. The summed E-state index contributed by atoms with van der Waals surface area (Å²) in [5.41, 5.74) is 2.61. The van der Waals surface area contributed by atoms with Gasteiger partial charge in [-0.05, 0) is 37.3 Å². The van der Waals surface area contributed by atoms with Gasteiger partial charge in [0.2, 0.25) is 0 Å². The summed E-state index contributed by atoms with van der Waals surface area (Å²) >= 11 is 3.78. The molecule has 1 atom stereocenters. The van der Waals surface area contributed by atoms with Crippen molar-refractivity contribution in [2.75, 3.05) is 23.9 Å². The largest absolute Gasteiger partial charge is 0.355 e. The van der Waals surface area contributed by atoms with Crippen molar-refractivity contribution in [2.45, 2.75) is 21.6 Å². The van der Waals surface area contributed by atoms with Gasteiger partial charge in [-0.1, -0.05) is 47.8 Å². The maximum atomic E-state index is 2.39. The molecule has 0 saturated heterocycles. The van der Waals surface area contributed by atoms with E-state index in [-0.39, 0.29) is 4.87 Å². The van der Waals surface area contributed by atoms with Crippen LogP contribution in [0.15, 0.2) is 69.4 Å². The van der Waals surface area contributed by atoms with Crippen LogP contribution in [0.1, 0.15) is 6.92 Å². The molecule has 112 valence electrons. The van der Waals surface area contributed by atoms with Gasteiger partial charge >= 0.3 is 0 Å². The highest BCUT2D eigenvalue weighted by atomic mass is 32.2. The van der Waals surface area contributed by atoms with E-state index in [1.807, 2.05) is 23.5 Å². The molecule has 0 spiro atoms. The average Bonchev–Trinajstić information content (AvgIpc) is 2.96. The highest BCUT2D eigenvalue weighted by Gasteiger charge is 2.38. The lowest BCUT2D eigenvalue weighted by Crippen LogP contribution is -2.36. The van der Waals surface area contributed by atoms with Crippen molar-refractivity contribution in [3.05, 3.63) is 59.6 Å². The van der Waals surface area contributed by atoms with E-state index in [4.69, 9.17) is 0 Å². The number of hydrogen-bond donors (Lipinski definition) is 0. The average molecular weight is 326 g/mol. The lowest BCUT2D eigenvalue weighted by molar-refractivity contribution is 0.771. The normalized spacial score (nSPS) is 24.8. The van der Waals surface area contributed by atoms with Crippen molar-refractivity contribution >= 4 is 34.9 Å². The van der Waals surface area contributed by atoms with Crippen LogP contribution in [0.25, 0.3) is 0 Å². The van der Waals surface area contributed by atoms with E-state index in [0.29, 0.717) is 0 Å². The van der Waals surface area contributed by atoms with Gasteiger partial charge < -0.3 is 9.80 Å². The Hall–Kier alpha value is -1.52. The summed E-state index contributed by atoms with van der Waals surface area (Å²) in [5, 5.41) is 1.30. The molecule has 0 radical (unpaired) electrons. The van der Waals surface area contributed by atoms with Crippen LogP contribution in [0.2, 0.25) is 0 Å². The molecule has 2 aromatic carbocycles. The van der Waals surface area contributed by atoms with E-state index >= 15 is 0 Å². The predicted molar refractivity (Wildman–Crippen MR) is 97.9 cm³/mol. The standard InChI is InChI=1S/C18H18N2S2/c1-18(20(3)14-9-5-7-11-16(14)22-18)12-17-19(2)13-8-4-6-10-15(13)21-17/h4-12H,1-3H3/b17-12-. The Bertz CT molecular complexity index is 771. The number of nitrogens with zero attached hydrogens (tertiary/aromatic N) is 2. The molecule has 2 aliphatic heterocycles. The maximum absolute atomic E-state index is 2.39. The van der Waals surface area contributed by atoms with Crippen LogP contribution in [0.5, 0.6) is 0 Å². The third-order valence-corrected chi connectivity index (χ3v) is 6.91. The Morgan fingerprint density at radius 1 is 0.909 bits per heavy atom. The number of thioether (sulfide) groups is 2. The molecule has 4 heteroatoms. The number of anilines is 2. The Morgan fingerprint density at radius 3 is 2.23 bits per heavy atom. The van der Waals surface area contributed by atoms with Crippen LogP contribution in [0.4, 0.5) is 11.4 Å². The fourth-order valence-corrected chi connectivity index (χ4v) is 5.54. The summed E-state index contributed by atoms with van der Waals surface area (Å²) in [4.78, 5) is 7.30. The van der Waals surface area contributed by atoms with Crippen molar-refractivity contribution in [3.8, 4) is 0 Å². The fraction of sp³-hybridized carbons (Fsp3) is 0.222. The van der Waals surface area contributed by atoms with E-state index in [2.05, 4.69) is 85.4 Å². The van der Waals surface area contributed by atoms with Crippen molar-refractivity contribution in [1.29, 1.82) is 0 Å². The molecule has 0 saturated carbocycles. The number of para-hydroxylation sites is 2. The second kappa shape index (κ2) is 5.00. The van der Waals surface area contributed by atoms with Crippen molar-refractivity contribution in [2.24, 2.45) is 0 Å². The number of rotatable bonds is 1. The lowest BCUT2D eigenvalue weighted by Gasteiger charge is -2.31. The minimum absolute atomic E-state index is 0.0533. The van der Waals surface area contributed by atoms with Gasteiger partial charge in [-0.25, -0.2) is 0 Å². The van der Waals surface area contributed by atoms with Crippen LogP contribution in [-0.4, -0.2) is 19.0 Å². The second-order valence-corrected chi connectivity index (χ2v) is 8.33. The monoisotopic (exact) mass is 326 g/mol. The molecule has 0 bridgehead atoms. The van der Waals surface area contributed by atoms with Gasteiger partial charge in [-0.3, -0.25) is 0 Å². The minimum atomic E-state index is -0.0533. The lowest BCUT2D eigenvalue weighted by atomic mass is 10.2. The van der Waals surface area contributed by atoms with Crippen molar-refractivity contribution in [3.63, 3.8) is 0 Å². The first kappa shape index (κ1) is 14.1. The van der Waals surface area contributed by atoms with Gasteiger partial charge in [0, 0.05) is 23.9 Å². The number of hydrogen-bond acceptors (Lipinski definition) is 4. The van der Waals surface area contributed by atoms with Crippen LogP contribution in [-0.2, 0) is 0 Å². The predicted octanol–water partition coefficient (Wildman–Crippen LogP) is 5.03. The van der Waals surface area contributed by atoms with Crippen LogP contribution in [0.3, 0.4) is 0 Å². The summed E-state index contributed by atoms with van der Waals surface area (Å²) in [6.45, 7) is 2.29. The van der Waals surface area contributed by atoms with Gasteiger partial charge in [-0.15, -0.1) is 0 Å². The smallest absolute Gasteiger partial charge is 0.109 e. The minimum Gasteiger partial charge on any atom is -0.355 e. The molecule has 4 rings (SSSR count). The van der Waals surface area contributed by atoms with Crippen molar-refractivity contribution < 1.29 is 0 Å². The zero-order valence-corrected chi connectivity index (χ0v) is 14.5. The van der Waals surface area contributed by atoms with Crippen molar-refractivity contribution in [1.82, 2.24) is 0 Å². The maximum Gasteiger partial charge on any atom is 0.109 e. The van der Waals surface area contributed by atoms with Gasteiger partial charge in [0.15, 0.2) is 0 Å². The van der Waals surface area contributed by atoms with Crippen LogP contribution < -0.4 is 9.80 Å². The van der Waals surface area contributed by atoms with Crippen LogP contribution >= 0.6 is 23.5 Å². The summed E-state index contributed by atoms with van der Waals surface area (Å²) in [6, 6.07) is 17.2. The van der Waals surface area contributed by atoms with E-state index in [1.165, 1.54) is 26.2 Å². The molecule has 22 heavy (non-hydrogen) atoms. The molecule has 1 unspecified atom stereocenters. The molecular weight excluding hydrogens is 308 g/mol. The molecule has 0 fully saturated rings. The Kier molecular flexibility index (Phi) is 3.20. The molecule has 2 aliphatic rings. The van der Waals surface area contributed by atoms with Gasteiger partial charge in [-0.2, -0.15) is 0 Å². The van der Waals surface area contributed by atoms with Crippen LogP contribution in [0, 0.1) is 0 Å². The third kappa shape index (κ3) is 2.05. The van der Waals surface area contributed by atoms with Gasteiger partial charge in [0.25, 0.3) is 0 Å². The summed E-state index contributed by atoms with van der Waals surface area (Å²) in [5.74, 6) is 0. The van der Waals surface area contributed by atoms with E-state index in [0.717, 1.165) is 0 Å². The van der Waals surface area contributed by atoms with E-state index < -0.39 is 0 Å². The molecule has 0 aromatic heterocycles. The number of benzene rings is 2. The van der Waals surface area contributed by atoms with Gasteiger partial charge in [0.1, 0.15) is 4.87 Å². The third-order valence-electron chi connectivity index (χ3n) is 4.37. The zero-order chi connectivity index (χ0) is 15.3. The molecule has 2 aromatic rings.